The molecule has 1 aromatic heterocycles. The van der Waals surface area contributed by atoms with E-state index in [2.05, 4.69) is 17.3 Å². The number of nitrogens with zero attached hydrogens (tertiary/aromatic N) is 2. The summed E-state index contributed by atoms with van der Waals surface area (Å²) < 4.78 is 1.85. The minimum absolute atomic E-state index is 0.00315. The van der Waals surface area contributed by atoms with E-state index >= 15 is 0 Å². The van der Waals surface area contributed by atoms with E-state index in [1.54, 1.807) is 6.20 Å². The lowest BCUT2D eigenvalue weighted by Gasteiger charge is -2.33. The molecule has 1 aliphatic rings. The summed E-state index contributed by atoms with van der Waals surface area (Å²) in [6, 6.07) is 0.347. The Hall–Kier alpha value is -1.36. The summed E-state index contributed by atoms with van der Waals surface area (Å²) >= 11 is 0. The van der Waals surface area contributed by atoms with Crippen LogP contribution in [0.15, 0.2) is 6.20 Å². The van der Waals surface area contributed by atoms with Gasteiger partial charge >= 0.3 is 0 Å². The fourth-order valence-electron chi connectivity index (χ4n) is 2.42. The van der Waals surface area contributed by atoms with E-state index < -0.39 is 0 Å². The molecule has 1 saturated carbocycles. The number of amides is 1. The fraction of sp³-hybridized carbons (Fsp3) is 0.692. The topological polar surface area (TPSA) is 72.9 Å². The molecule has 0 aromatic carbocycles. The van der Waals surface area contributed by atoms with Crippen molar-refractivity contribution in [1.29, 1.82) is 0 Å². The Morgan fingerprint density at radius 3 is 2.94 bits per heavy atom. The van der Waals surface area contributed by atoms with Crippen LogP contribution in [0, 0.1) is 12.8 Å². The summed E-state index contributed by atoms with van der Waals surface area (Å²) in [6.07, 6.45) is 4.71. The molecule has 100 valence electrons. The smallest absolute Gasteiger partial charge is 0.254 e. The molecule has 3 N–H and O–H groups in total. The van der Waals surface area contributed by atoms with Gasteiger partial charge in [0.25, 0.3) is 5.91 Å². The number of aromatic nitrogens is 2. The normalized spacial score (nSPS) is 22.6. The number of carbonyl (C=O) groups excluding carboxylic acids is 1. The van der Waals surface area contributed by atoms with Gasteiger partial charge in [-0.25, -0.2) is 0 Å². The average Bonchev–Trinajstić information content (AvgIpc) is 2.66. The van der Waals surface area contributed by atoms with E-state index in [-0.39, 0.29) is 5.91 Å². The van der Waals surface area contributed by atoms with Crippen LogP contribution in [0.25, 0.3) is 0 Å². The molecule has 1 aromatic rings. The standard InChI is InChI=1S/C13H22N4O/c1-9-6-11(7-9)16-13(18)12-8-15-17(10(12)2)5-3-4-14/h8-9,11H,3-7,14H2,1-2H3,(H,16,18). The van der Waals surface area contributed by atoms with Crippen LogP contribution < -0.4 is 11.1 Å². The van der Waals surface area contributed by atoms with Gasteiger partial charge in [0.15, 0.2) is 0 Å². The summed E-state index contributed by atoms with van der Waals surface area (Å²) in [7, 11) is 0. The van der Waals surface area contributed by atoms with E-state index in [0.717, 1.165) is 37.4 Å². The number of hydrogen-bond donors (Lipinski definition) is 2. The Morgan fingerprint density at radius 2 is 2.33 bits per heavy atom. The van der Waals surface area contributed by atoms with Crippen LogP contribution >= 0.6 is 0 Å². The van der Waals surface area contributed by atoms with E-state index in [4.69, 9.17) is 5.73 Å². The van der Waals surface area contributed by atoms with Crippen LogP contribution in [-0.4, -0.2) is 28.3 Å². The number of nitrogens with one attached hydrogen (secondary N) is 1. The molecular weight excluding hydrogens is 228 g/mol. The highest BCUT2D eigenvalue weighted by Crippen LogP contribution is 2.26. The predicted molar refractivity (Wildman–Crippen MR) is 70.3 cm³/mol. The lowest BCUT2D eigenvalue weighted by Crippen LogP contribution is -2.43. The molecule has 0 radical (unpaired) electrons. The Labute approximate surface area is 108 Å². The van der Waals surface area contributed by atoms with Crippen molar-refractivity contribution < 1.29 is 4.79 Å². The van der Waals surface area contributed by atoms with Crippen molar-refractivity contribution in [2.24, 2.45) is 11.7 Å². The maximum atomic E-state index is 12.1. The molecule has 2 rings (SSSR count). The summed E-state index contributed by atoms with van der Waals surface area (Å²) in [5, 5.41) is 7.30. The van der Waals surface area contributed by atoms with E-state index in [9.17, 15) is 4.79 Å². The predicted octanol–water partition coefficient (Wildman–Crippen LogP) is 1.07. The molecule has 18 heavy (non-hydrogen) atoms. The number of rotatable bonds is 5. The molecule has 5 heteroatoms. The summed E-state index contributed by atoms with van der Waals surface area (Å²) in [5.74, 6) is 0.743. The second-order valence-corrected chi connectivity index (χ2v) is 5.26. The third-order valence-electron chi connectivity index (χ3n) is 3.63. The largest absolute Gasteiger partial charge is 0.349 e. The van der Waals surface area contributed by atoms with Gasteiger partial charge in [0, 0.05) is 18.3 Å². The van der Waals surface area contributed by atoms with Crippen LogP contribution in [0.5, 0.6) is 0 Å². The van der Waals surface area contributed by atoms with Gasteiger partial charge in [-0.05, 0) is 38.6 Å². The van der Waals surface area contributed by atoms with Crippen LogP contribution in [0.1, 0.15) is 42.2 Å². The van der Waals surface area contributed by atoms with Gasteiger partial charge in [-0.15, -0.1) is 0 Å². The zero-order valence-electron chi connectivity index (χ0n) is 11.1. The number of hydrogen-bond acceptors (Lipinski definition) is 3. The maximum Gasteiger partial charge on any atom is 0.254 e. The molecule has 0 atom stereocenters. The first-order valence-electron chi connectivity index (χ1n) is 6.65. The quantitative estimate of drug-likeness (QED) is 0.821. The minimum Gasteiger partial charge on any atom is -0.349 e. The zero-order chi connectivity index (χ0) is 13.1. The first-order chi connectivity index (χ1) is 8.61. The Kier molecular flexibility index (Phi) is 4.01. The third-order valence-corrected chi connectivity index (χ3v) is 3.63. The van der Waals surface area contributed by atoms with Crippen LogP contribution in [0.4, 0.5) is 0 Å². The second-order valence-electron chi connectivity index (χ2n) is 5.26. The summed E-state index contributed by atoms with van der Waals surface area (Å²) in [5.41, 5.74) is 7.09. The van der Waals surface area contributed by atoms with Gasteiger partial charge in [0.2, 0.25) is 0 Å². The molecule has 1 heterocycles. The van der Waals surface area contributed by atoms with Gasteiger partial charge in [0.05, 0.1) is 11.8 Å². The first kappa shape index (κ1) is 13.1. The molecule has 5 nitrogen and oxygen atoms in total. The van der Waals surface area contributed by atoms with Crippen molar-refractivity contribution in [2.75, 3.05) is 6.54 Å². The lowest BCUT2D eigenvalue weighted by atomic mass is 9.82. The molecule has 1 amide bonds. The van der Waals surface area contributed by atoms with Crippen molar-refractivity contribution in [3.8, 4) is 0 Å². The molecule has 0 saturated heterocycles. The van der Waals surface area contributed by atoms with Gasteiger partial charge in [-0.2, -0.15) is 5.10 Å². The average molecular weight is 250 g/mol. The minimum atomic E-state index is 0.00315. The molecule has 1 aliphatic carbocycles. The highest BCUT2D eigenvalue weighted by atomic mass is 16.1. The Morgan fingerprint density at radius 1 is 1.61 bits per heavy atom. The summed E-state index contributed by atoms with van der Waals surface area (Å²) in [4.78, 5) is 12.1. The van der Waals surface area contributed by atoms with Gasteiger partial charge in [-0.1, -0.05) is 6.92 Å². The molecular formula is C13H22N4O. The van der Waals surface area contributed by atoms with Crippen molar-refractivity contribution in [3.63, 3.8) is 0 Å². The lowest BCUT2D eigenvalue weighted by molar-refractivity contribution is 0.0895. The fourth-order valence-corrected chi connectivity index (χ4v) is 2.42. The third kappa shape index (κ3) is 2.72. The Bertz CT molecular complexity index is 421. The zero-order valence-corrected chi connectivity index (χ0v) is 11.1. The first-order valence-corrected chi connectivity index (χ1v) is 6.65. The maximum absolute atomic E-state index is 12.1. The molecule has 1 fully saturated rings. The van der Waals surface area contributed by atoms with Crippen molar-refractivity contribution in [2.45, 2.75) is 45.7 Å². The SMILES string of the molecule is Cc1c(C(=O)NC2CC(C)C2)cnn1CCCN. The van der Waals surface area contributed by atoms with Gasteiger partial charge in [0.1, 0.15) is 0 Å². The highest BCUT2D eigenvalue weighted by Gasteiger charge is 2.27. The number of nitrogens with two attached hydrogens (primary N) is 1. The van der Waals surface area contributed by atoms with Crippen LogP contribution in [-0.2, 0) is 6.54 Å². The van der Waals surface area contributed by atoms with Gasteiger partial charge < -0.3 is 11.1 Å². The Balaban J connectivity index is 1.95. The van der Waals surface area contributed by atoms with Crippen molar-refractivity contribution in [3.05, 3.63) is 17.5 Å². The van der Waals surface area contributed by atoms with Crippen LogP contribution in [0.3, 0.4) is 0 Å². The van der Waals surface area contributed by atoms with E-state index in [1.807, 2.05) is 11.6 Å². The van der Waals surface area contributed by atoms with Crippen molar-refractivity contribution in [1.82, 2.24) is 15.1 Å². The van der Waals surface area contributed by atoms with Gasteiger partial charge in [-0.3, -0.25) is 9.48 Å². The second kappa shape index (κ2) is 5.52. The van der Waals surface area contributed by atoms with E-state index in [1.165, 1.54) is 0 Å². The van der Waals surface area contributed by atoms with E-state index in [0.29, 0.717) is 18.2 Å². The monoisotopic (exact) mass is 250 g/mol. The number of aryl methyl sites for hydroxylation is 1. The number of carbonyl (C=O) groups is 1. The van der Waals surface area contributed by atoms with Crippen molar-refractivity contribution >= 4 is 5.91 Å². The summed E-state index contributed by atoms with van der Waals surface area (Å²) in [6.45, 7) is 5.55. The molecule has 0 bridgehead atoms. The molecule has 0 unspecified atom stereocenters. The molecule has 0 spiro atoms. The highest BCUT2D eigenvalue weighted by molar-refractivity contribution is 5.95. The molecule has 0 aliphatic heterocycles. The van der Waals surface area contributed by atoms with Crippen LogP contribution in [0.2, 0.25) is 0 Å².